The van der Waals surface area contributed by atoms with Crippen LogP contribution in [0.15, 0.2) is 60.7 Å². The third-order valence-electron chi connectivity index (χ3n) is 5.30. The summed E-state index contributed by atoms with van der Waals surface area (Å²) >= 11 is 0. The minimum absolute atomic E-state index is 0.259. The summed E-state index contributed by atoms with van der Waals surface area (Å²) in [6.45, 7) is 3.79. The third-order valence-corrected chi connectivity index (χ3v) is 5.30. The van der Waals surface area contributed by atoms with E-state index in [1.807, 2.05) is 48.7 Å². The van der Waals surface area contributed by atoms with E-state index in [2.05, 4.69) is 21.5 Å². The molecule has 0 bridgehead atoms. The molecule has 0 aliphatic heterocycles. The van der Waals surface area contributed by atoms with Crippen LogP contribution in [0.1, 0.15) is 44.9 Å². The van der Waals surface area contributed by atoms with Gasteiger partial charge in [0.05, 0.1) is 5.56 Å². The predicted octanol–water partition coefficient (Wildman–Crippen LogP) is 3.45. The zero-order valence-electron chi connectivity index (χ0n) is 17.9. The number of rotatable bonds is 5. The molecule has 32 heavy (non-hydrogen) atoms. The molecule has 0 atom stereocenters. The van der Waals surface area contributed by atoms with Gasteiger partial charge in [0.25, 0.3) is 11.8 Å². The topological polar surface area (TPSA) is 104 Å². The number of para-hydroxylation sites is 1. The van der Waals surface area contributed by atoms with Gasteiger partial charge in [-0.15, -0.1) is 0 Å². The Morgan fingerprint density at radius 1 is 0.875 bits per heavy atom. The molecule has 4 N–H and O–H groups in total. The number of benzene rings is 2. The average Bonchev–Trinajstić information content (AvgIpc) is 3.55. The summed E-state index contributed by atoms with van der Waals surface area (Å²) in [5.74, 6) is -0.854. The van der Waals surface area contributed by atoms with E-state index in [-0.39, 0.29) is 12.1 Å². The third kappa shape index (κ3) is 4.80. The number of nitrogens with zero attached hydrogens (tertiary/aromatic N) is 1. The van der Waals surface area contributed by atoms with Crippen molar-refractivity contribution >= 4 is 23.5 Å². The largest absolute Gasteiger partial charge is 0.335 e. The standard InChI is InChI=1S/C24H25N5O3/c1-15-14-21(16(2)29(15)20-6-4-3-5-7-20)23(31)28-27-22(30)17-8-10-18(11-9-17)25-24(32)26-19-12-13-19/h3-11,14,19H,12-13H2,1-2H3,(H,27,30)(H,28,31)(H2,25,26,32). The van der Waals surface area contributed by atoms with Crippen LogP contribution in [0.2, 0.25) is 0 Å². The van der Waals surface area contributed by atoms with E-state index in [1.54, 1.807) is 30.3 Å². The summed E-state index contributed by atoms with van der Waals surface area (Å²) < 4.78 is 1.99. The lowest BCUT2D eigenvalue weighted by Crippen LogP contribution is -2.41. The molecule has 0 unspecified atom stereocenters. The minimum Gasteiger partial charge on any atom is -0.335 e. The fourth-order valence-electron chi connectivity index (χ4n) is 3.51. The fraction of sp³-hybridized carbons (Fsp3) is 0.208. The molecule has 8 nitrogen and oxygen atoms in total. The van der Waals surface area contributed by atoms with E-state index >= 15 is 0 Å². The number of nitrogens with one attached hydrogen (secondary N) is 4. The van der Waals surface area contributed by atoms with Gasteiger partial charge in [-0.2, -0.15) is 0 Å². The second-order valence-corrected chi connectivity index (χ2v) is 7.81. The molecule has 3 aromatic rings. The Bertz CT molecular complexity index is 1150. The molecule has 1 heterocycles. The van der Waals surface area contributed by atoms with Crippen molar-refractivity contribution < 1.29 is 14.4 Å². The number of hydrogen-bond acceptors (Lipinski definition) is 3. The maximum absolute atomic E-state index is 12.7. The average molecular weight is 431 g/mol. The van der Waals surface area contributed by atoms with Gasteiger partial charge in [-0.25, -0.2) is 4.79 Å². The highest BCUT2D eigenvalue weighted by atomic mass is 16.2. The molecule has 1 aliphatic carbocycles. The highest BCUT2D eigenvalue weighted by Gasteiger charge is 2.23. The number of urea groups is 1. The fourth-order valence-corrected chi connectivity index (χ4v) is 3.51. The van der Waals surface area contributed by atoms with Gasteiger partial charge >= 0.3 is 6.03 Å². The first-order valence-electron chi connectivity index (χ1n) is 10.4. The summed E-state index contributed by atoms with van der Waals surface area (Å²) in [5.41, 5.74) is 8.99. The number of aromatic nitrogens is 1. The first kappa shape index (κ1) is 21.2. The van der Waals surface area contributed by atoms with Crippen LogP contribution >= 0.6 is 0 Å². The van der Waals surface area contributed by atoms with Gasteiger partial charge in [0.1, 0.15) is 0 Å². The van der Waals surface area contributed by atoms with Crippen molar-refractivity contribution in [3.63, 3.8) is 0 Å². The molecular weight excluding hydrogens is 406 g/mol. The SMILES string of the molecule is Cc1cc(C(=O)NNC(=O)c2ccc(NC(=O)NC3CC3)cc2)c(C)n1-c1ccccc1. The highest BCUT2D eigenvalue weighted by molar-refractivity contribution is 6.00. The van der Waals surface area contributed by atoms with E-state index in [4.69, 9.17) is 0 Å². The van der Waals surface area contributed by atoms with Crippen LogP contribution in [0, 0.1) is 13.8 Å². The van der Waals surface area contributed by atoms with Crippen molar-refractivity contribution in [1.29, 1.82) is 0 Å². The molecule has 164 valence electrons. The normalized spacial score (nSPS) is 12.7. The van der Waals surface area contributed by atoms with Gasteiger partial charge in [-0.1, -0.05) is 18.2 Å². The number of carbonyl (C=O) groups is 3. The first-order chi connectivity index (χ1) is 15.4. The molecule has 1 aromatic heterocycles. The lowest BCUT2D eigenvalue weighted by molar-refractivity contribution is 0.0846. The Labute approximate surface area is 186 Å². The van der Waals surface area contributed by atoms with Crippen molar-refractivity contribution in [3.8, 4) is 5.69 Å². The Morgan fingerprint density at radius 3 is 2.19 bits per heavy atom. The monoisotopic (exact) mass is 431 g/mol. The summed E-state index contributed by atoms with van der Waals surface area (Å²) in [6.07, 6.45) is 2.02. The smallest absolute Gasteiger partial charge is 0.319 e. The number of carbonyl (C=O) groups excluding carboxylic acids is 3. The van der Waals surface area contributed by atoms with E-state index in [9.17, 15) is 14.4 Å². The highest BCUT2D eigenvalue weighted by Crippen LogP contribution is 2.21. The van der Waals surface area contributed by atoms with Crippen molar-refractivity contribution in [1.82, 2.24) is 20.7 Å². The van der Waals surface area contributed by atoms with Gasteiger partial charge in [0.2, 0.25) is 0 Å². The number of anilines is 1. The van der Waals surface area contributed by atoms with Gasteiger partial charge in [-0.05, 0) is 69.2 Å². The van der Waals surface area contributed by atoms with Gasteiger partial charge < -0.3 is 15.2 Å². The Morgan fingerprint density at radius 2 is 1.53 bits per heavy atom. The van der Waals surface area contributed by atoms with Gasteiger partial charge in [-0.3, -0.25) is 20.4 Å². The van der Waals surface area contributed by atoms with E-state index < -0.39 is 11.8 Å². The molecule has 0 saturated heterocycles. The van der Waals surface area contributed by atoms with E-state index in [0.717, 1.165) is 29.9 Å². The van der Waals surface area contributed by atoms with Crippen LogP contribution in [0.4, 0.5) is 10.5 Å². The van der Waals surface area contributed by atoms with E-state index in [1.165, 1.54) is 0 Å². The predicted molar refractivity (Wildman–Crippen MR) is 122 cm³/mol. The second-order valence-electron chi connectivity index (χ2n) is 7.81. The Kier molecular flexibility index (Phi) is 5.93. The minimum atomic E-state index is -0.454. The molecule has 2 aromatic carbocycles. The molecule has 0 radical (unpaired) electrons. The molecule has 1 aliphatic rings. The summed E-state index contributed by atoms with van der Waals surface area (Å²) in [5, 5.41) is 5.55. The van der Waals surface area contributed by atoms with Crippen LogP contribution in [0.25, 0.3) is 5.69 Å². The van der Waals surface area contributed by atoms with Crippen LogP contribution < -0.4 is 21.5 Å². The Balaban J connectivity index is 1.36. The maximum Gasteiger partial charge on any atom is 0.319 e. The summed E-state index contributed by atoms with van der Waals surface area (Å²) in [6, 6.07) is 18.0. The lowest BCUT2D eigenvalue weighted by atomic mass is 10.2. The Hall–Kier alpha value is -4.07. The second kappa shape index (κ2) is 8.97. The van der Waals surface area contributed by atoms with Gasteiger partial charge in [0, 0.05) is 34.4 Å². The summed E-state index contributed by atoms with van der Waals surface area (Å²) in [4.78, 5) is 36.9. The molecule has 0 spiro atoms. The van der Waals surface area contributed by atoms with Crippen LogP contribution in [-0.4, -0.2) is 28.5 Å². The van der Waals surface area contributed by atoms with Crippen molar-refractivity contribution in [2.75, 3.05) is 5.32 Å². The molecule has 1 saturated carbocycles. The molecule has 4 amide bonds. The van der Waals surface area contributed by atoms with Crippen molar-refractivity contribution in [2.24, 2.45) is 0 Å². The molecular formula is C24H25N5O3. The van der Waals surface area contributed by atoms with Crippen LogP contribution in [0.5, 0.6) is 0 Å². The first-order valence-corrected chi connectivity index (χ1v) is 10.4. The number of aryl methyl sites for hydroxylation is 1. The van der Waals surface area contributed by atoms with Gasteiger partial charge in [0.15, 0.2) is 0 Å². The lowest BCUT2D eigenvalue weighted by Gasteiger charge is -2.11. The molecule has 4 rings (SSSR count). The van der Waals surface area contributed by atoms with Crippen molar-refractivity contribution in [2.45, 2.75) is 32.7 Å². The quantitative estimate of drug-likeness (QED) is 0.465. The number of hydrazine groups is 1. The van der Waals surface area contributed by atoms with Crippen LogP contribution in [-0.2, 0) is 0 Å². The zero-order valence-corrected chi connectivity index (χ0v) is 17.9. The molecule has 1 fully saturated rings. The maximum atomic E-state index is 12.7. The van der Waals surface area contributed by atoms with Crippen molar-refractivity contribution in [3.05, 3.63) is 83.2 Å². The summed E-state index contributed by atoms with van der Waals surface area (Å²) in [7, 11) is 0. The zero-order chi connectivity index (χ0) is 22.7. The van der Waals surface area contributed by atoms with Crippen LogP contribution in [0.3, 0.4) is 0 Å². The number of hydrogen-bond donors (Lipinski definition) is 4. The number of amides is 4. The molecule has 8 heteroatoms. The van der Waals surface area contributed by atoms with E-state index in [0.29, 0.717) is 16.8 Å².